The van der Waals surface area contributed by atoms with E-state index in [9.17, 15) is 0 Å². The first-order valence-corrected chi connectivity index (χ1v) is 5.55. The van der Waals surface area contributed by atoms with Crippen molar-refractivity contribution < 1.29 is 0 Å². The molecule has 0 amide bonds. The molecule has 0 unspecified atom stereocenters. The molecule has 2 rings (SSSR count). The lowest BCUT2D eigenvalue weighted by Gasteiger charge is -2.08. The number of benzene rings is 1. The van der Waals surface area contributed by atoms with E-state index in [1.165, 1.54) is 0 Å². The highest BCUT2D eigenvalue weighted by molar-refractivity contribution is 6.31. The summed E-state index contributed by atoms with van der Waals surface area (Å²) >= 11 is 5.99. The van der Waals surface area contributed by atoms with Crippen molar-refractivity contribution in [1.82, 2.24) is 9.55 Å². The van der Waals surface area contributed by atoms with Crippen molar-refractivity contribution in [2.75, 3.05) is 6.54 Å². The highest BCUT2D eigenvalue weighted by Crippen LogP contribution is 2.20. The number of rotatable bonds is 3. The summed E-state index contributed by atoms with van der Waals surface area (Å²) < 4.78 is 1.92. The molecular weight excluding hydrogens is 236 g/mol. The lowest BCUT2D eigenvalue weighted by Crippen LogP contribution is -2.07. The van der Waals surface area contributed by atoms with Gasteiger partial charge in [-0.15, -0.1) is 0 Å². The van der Waals surface area contributed by atoms with Crippen molar-refractivity contribution in [2.45, 2.75) is 6.42 Å². The molecule has 2 N–H and O–H groups in total. The number of nitrogens with zero attached hydrogens (tertiary/aromatic N) is 3. The van der Waals surface area contributed by atoms with E-state index in [-0.39, 0.29) is 0 Å². The maximum atomic E-state index is 8.81. The van der Waals surface area contributed by atoms with E-state index < -0.39 is 0 Å². The van der Waals surface area contributed by atoms with Crippen molar-refractivity contribution in [3.05, 3.63) is 47.0 Å². The summed E-state index contributed by atoms with van der Waals surface area (Å²) in [5.74, 6) is 0. The second-order valence-corrected chi connectivity index (χ2v) is 3.98. The van der Waals surface area contributed by atoms with Crippen LogP contribution in [0.15, 0.2) is 30.7 Å². The standard InChI is InChI=1S/C12H11ClN4/c13-12-5-10(2-1-9(12)6-15)17-8-16-7-11(17)3-4-14/h1-2,5,7-8H,3-4,14H2. The van der Waals surface area contributed by atoms with E-state index in [0.717, 1.165) is 17.8 Å². The number of aromatic nitrogens is 2. The zero-order valence-electron chi connectivity index (χ0n) is 9.10. The maximum absolute atomic E-state index is 8.81. The summed E-state index contributed by atoms with van der Waals surface area (Å²) in [6.45, 7) is 0.565. The Balaban J connectivity index is 2.43. The Hall–Kier alpha value is -1.83. The molecular formula is C12H11ClN4. The SMILES string of the molecule is N#Cc1ccc(-n2cncc2CCN)cc1Cl. The van der Waals surface area contributed by atoms with Crippen molar-refractivity contribution in [3.63, 3.8) is 0 Å². The molecule has 0 bridgehead atoms. The molecule has 4 nitrogen and oxygen atoms in total. The van der Waals surface area contributed by atoms with E-state index in [1.54, 1.807) is 24.7 Å². The van der Waals surface area contributed by atoms with Gasteiger partial charge in [0.05, 0.1) is 16.9 Å². The topological polar surface area (TPSA) is 67.6 Å². The quantitative estimate of drug-likeness (QED) is 0.899. The second kappa shape index (κ2) is 5.00. The van der Waals surface area contributed by atoms with Gasteiger partial charge in [0.2, 0.25) is 0 Å². The summed E-state index contributed by atoms with van der Waals surface area (Å²) in [4.78, 5) is 4.09. The Morgan fingerprint density at radius 2 is 2.29 bits per heavy atom. The molecule has 0 fully saturated rings. The molecule has 2 aromatic rings. The lowest BCUT2D eigenvalue weighted by molar-refractivity contribution is 0.873. The van der Waals surface area contributed by atoms with Gasteiger partial charge in [0, 0.05) is 24.0 Å². The van der Waals surface area contributed by atoms with Crippen LogP contribution in [0.5, 0.6) is 0 Å². The van der Waals surface area contributed by atoms with Gasteiger partial charge in [-0.05, 0) is 24.7 Å². The van der Waals surface area contributed by atoms with Crippen LogP contribution in [0.2, 0.25) is 5.02 Å². The van der Waals surface area contributed by atoms with Crippen LogP contribution < -0.4 is 5.73 Å². The van der Waals surface area contributed by atoms with Gasteiger partial charge >= 0.3 is 0 Å². The van der Waals surface area contributed by atoms with Gasteiger partial charge in [-0.1, -0.05) is 11.6 Å². The molecule has 1 aromatic carbocycles. The van der Waals surface area contributed by atoms with E-state index in [1.807, 2.05) is 16.7 Å². The number of nitrogens with two attached hydrogens (primary N) is 1. The van der Waals surface area contributed by atoms with Gasteiger partial charge < -0.3 is 10.3 Å². The third-order valence-electron chi connectivity index (χ3n) is 2.47. The molecule has 0 aliphatic heterocycles. The fourth-order valence-electron chi connectivity index (χ4n) is 1.63. The van der Waals surface area contributed by atoms with E-state index in [0.29, 0.717) is 17.1 Å². The minimum Gasteiger partial charge on any atom is -0.330 e. The smallest absolute Gasteiger partial charge is 0.101 e. The van der Waals surface area contributed by atoms with Gasteiger partial charge in [-0.25, -0.2) is 4.98 Å². The minimum atomic E-state index is 0.442. The van der Waals surface area contributed by atoms with Crippen molar-refractivity contribution in [3.8, 4) is 11.8 Å². The number of imidazole rings is 1. The number of nitriles is 1. The zero-order valence-corrected chi connectivity index (χ0v) is 9.85. The van der Waals surface area contributed by atoms with Crippen LogP contribution in [0.3, 0.4) is 0 Å². The number of hydrogen-bond donors (Lipinski definition) is 1. The first-order chi connectivity index (χ1) is 8.26. The molecule has 0 saturated heterocycles. The molecule has 0 atom stereocenters. The average molecular weight is 247 g/mol. The molecule has 5 heteroatoms. The van der Waals surface area contributed by atoms with Gasteiger partial charge in [0.1, 0.15) is 6.07 Å². The fraction of sp³-hybridized carbons (Fsp3) is 0.167. The van der Waals surface area contributed by atoms with Crippen LogP contribution in [-0.4, -0.2) is 16.1 Å². The molecule has 86 valence electrons. The van der Waals surface area contributed by atoms with E-state index >= 15 is 0 Å². The summed E-state index contributed by atoms with van der Waals surface area (Å²) in [5, 5.41) is 9.25. The number of hydrogen-bond acceptors (Lipinski definition) is 3. The summed E-state index contributed by atoms with van der Waals surface area (Å²) in [6, 6.07) is 7.32. The molecule has 0 aliphatic carbocycles. The van der Waals surface area contributed by atoms with Crippen LogP contribution in [-0.2, 0) is 6.42 Å². The largest absolute Gasteiger partial charge is 0.330 e. The molecule has 17 heavy (non-hydrogen) atoms. The van der Waals surface area contributed by atoms with Crippen LogP contribution in [0.25, 0.3) is 5.69 Å². The first kappa shape index (κ1) is 11.6. The zero-order chi connectivity index (χ0) is 12.3. The summed E-state index contributed by atoms with van der Waals surface area (Å²) in [7, 11) is 0. The third-order valence-corrected chi connectivity index (χ3v) is 2.78. The summed E-state index contributed by atoms with van der Waals surface area (Å²) in [6.07, 6.45) is 4.24. The Morgan fingerprint density at radius 3 is 2.94 bits per heavy atom. The Labute approximate surface area is 104 Å². The second-order valence-electron chi connectivity index (χ2n) is 3.57. The van der Waals surface area contributed by atoms with Gasteiger partial charge in [-0.2, -0.15) is 5.26 Å². The number of halogens is 1. The highest BCUT2D eigenvalue weighted by atomic mass is 35.5. The fourth-order valence-corrected chi connectivity index (χ4v) is 1.85. The van der Waals surface area contributed by atoms with Crippen molar-refractivity contribution >= 4 is 11.6 Å². The first-order valence-electron chi connectivity index (χ1n) is 5.17. The van der Waals surface area contributed by atoms with Crippen molar-refractivity contribution in [1.29, 1.82) is 5.26 Å². The molecule has 1 aromatic heterocycles. The van der Waals surface area contributed by atoms with Crippen LogP contribution in [0.1, 0.15) is 11.3 Å². The van der Waals surface area contributed by atoms with Crippen LogP contribution in [0, 0.1) is 11.3 Å². The molecule has 0 radical (unpaired) electrons. The monoisotopic (exact) mass is 246 g/mol. The Kier molecular flexibility index (Phi) is 3.43. The van der Waals surface area contributed by atoms with Gasteiger partial charge in [-0.3, -0.25) is 0 Å². The van der Waals surface area contributed by atoms with Gasteiger partial charge in [0.25, 0.3) is 0 Å². The molecule has 0 aliphatic rings. The Bertz CT molecular complexity index is 568. The van der Waals surface area contributed by atoms with E-state index in [4.69, 9.17) is 22.6 Å². The van der Waals surface area contributed by atoms with E-state index in [2.05, 4.69) is 4.98 Å². The van der Waals surface area contributed by atoms with Gasteiger partial charge in [0.15, 0.2) is 0 Å². The average Bonchev–Trinajstić information content (AvgIpc) is 2.78. The predicted molar refractivity (Wildman–Crippen MR) is 66.0 cm³/mol. The maximum Gasteiger partial charge on any atom is 0.101 e. The molecule has 0 spiro atoms. The third kappa shape index (κ3) is 2.31. The van der Waals surface area contributed by atoms with Crippen molar-refractivity contribution in [2.24, 2.45) is 5.73 Å². The van der Waals surface area contributed by atoms with Crippen LogP contribution in [0.4, 0.5) is 0 Å². The minimum absolute atomic E-state index is 0.442. The van der Waals surface area contributed by atoms with Crippen LogP contribution >= 0.6 is 11.6 Å². The predicted octanol–water partition coefficient (Wildman–Crippen LogP) is 1.90. The molecule has 0 saturated carbocycles. The molecule has 1 heterocycles. The lowest BCUT2D eigenvalue weighted by atomic mass is 10.2. The summed E-state index contributed by atoms with van der Waals surface area (Å²) in [5.41, 5.74) is 7.91. The normalized spacial score (nSPS) is 10.2. The highest BCUT2D eigenvalue weighted by Gasteiger charge is 2.06. The Morgan fingerprint density at radius 1 is 1.47 bits per heavy atom.